The van der Waals surface area contributed by atoms with Gasteiger partial charge in [-0.25, -0.2) is 5.01 Å². The number of hydrazone groups is 1. The minimum atomic E-state index is 0.149. The minimum Gasteiger partial charge on any atom is -0.252 e. The molecule has 0 bridgehead atoms. The summed E-state index contributed by atoms with van der Waals surface area (Å²) in [5.74, 6) is 0.955. The van der Waals surface area contributed by atoms with Gasteiger partial charge >= 0.3 is 0 Å². The molecule has 0 radical (unpaired) electrons. The van der Waals surface area contributed by atoms with Crippen molar-refractivity contribution in [1.82, 2.24) is 5.01 Å². The van der Waals surface area contributed by atoms with Crippen LogP contribution in [0.3, 0.4) is 0 Å². The van der Waals surface area contributed by atoms with Crippen LogP contribution in [0.2, 0.25) is 0 Å². The van der Waals surface area contributed by atoms with E-state index in [1.54, 1.807) is 0 Å². The van der Waals surface area contributed by atoms with E-state index in [1.807, 2.05) is 11.8 Å². The molecule has 32 heavy (non-hydrogen) atoms. The normalized spacial score (nSPS) is 20.4. The van der Waals surface area contributed by atoms with E-state index >= 15 is 0 Å². The van der Waals surface area contributed by atoms with Crippen LogP contribution in [-0.4, -0.2) is 21.6 Å². The van der Waals surface area contributed by atoms with Crippen molar-refractivity contribution in [2.24, 2.45) is 10.1 Å². The summed E-state index contributed by atoms with van der Waals surface area (Å²) < 4.78 is 0. The van der Waals surface area contributed by atoms with Gasteiger partial charge in [-0.3, -0.25) is 4.99 Å². The molecule has 3 nitrogen and oxygen atoms in total. The second-order valence-corrected chi connectivity index (χ2v) is 9.22. The first kappa shape index (κ1) is 19.3. The van der Waals surface area contributed by atoms with Crippen molar-refractivity contribution in [3.05, 3.63) is 120 Å². The molecule has 4 heteroatoms. The smallest absolute Gasteiger partial charge is 0.181 e. The van der Waals surface area contributed by atoms with Crippen LogP contribution in [0.15, 0.2) is 113 Å². The SMILES string of the molecule is c1ccc(C2=NN(C3=NC(c4ccccc4)CS3)C(c3ccc4ccccc4c3)C2)cc1. The molecule has 2 heterocycles. The average molecular weight is 434 g/mol. The van der Waals surface area contributed by atoms with Gasteiger partial charge in [0.1, 0.15) is 0 Å². The molecule has 0 aromatic heterocycles. The van der Waals surface area contributed by atoms with Crippen LogP contribution in [0, 0.1) is 0 Å². The van der Waals surface area contributed by atoms with Gasteiger partial charge in [-0.1, -0.05) is 109 Å². The number of aliphatic imine (C=N–C) groups is 1. The third kappa shape index (κ3) is 3.61. The summed E-state index contributed by atoms with van der Waals surface area (Å²) in [5.41, 5.74) is 4.85. The third-order valence-electron chi connectivity index (χ3n) is 6.19. The second-order valence-electron chi connectivity index (χ2n) is 8.23. The van der Waals surface area contributed by atoms with Crippen LogP contribution in [0.5, 0.6) is 0 Å². The molecule has 0 N–H and O–H groups in total. The molecular weight excluding hydrogens is 410 g/mol. The van der Waals surface area contributed by atoms with Gasteiger partial charge in [-0.05, 0) is 33.5 Å². The molecule has 2 unspecified atom stereocenters. The second kappa shape index (κ2) is 8.29. The highest BCUT2D eigenvalue weighted by molar-refractivity contribution is 8.14. The van der Waals surface area contributed by atoms with Gasteiger partial charge in [0.15, 0.2) is 5.17 Å². The number of fused-ring (bicyclic) bond motifs is 1. The molecule has 2 aliphatic rings. The van der Waals surface area contributed by atoms with Crippen molar-refractivity contribution in [3.63, 3.8) is 0 Å². The molecule has 0 aliphatic carbocycles. The topological polar surface area (TPSA) is 28.0 Å². The lowest BCUT2D eigenvalue weighted by molar-refractivity contribution is 0.376. The minimum absolute atomic E-state index is 0.149. The first-order valence-corrected chi connectivity index (χ1v) is 12.0. The Balaban J connectivity index is 1.39. The van der Waals surface area contributed by atoms with Crippen LogP contribution < -0.4 is 0 Å². The zero-order valence-corrected chi connectivity index (χ0v) is 18.5. The Labute approximate surface area is 192 Å². The van der Waals surface area contributed by atoms with Crippen LogP contribution >= 0.6 is 11.8 Å². The summed E-state index contributed by atoms with van der Waals surface area (Å²) in [4.78, 5) is 5.10. The lowest BCUT2D eigenvalue weighted by atomic mass is 9.96. The first-order valence-electron chi connectivity index (χ1n) is 11.0. The Morgan fingerprint density at radius 2 is 1.44 bits per heavy atom. The number of hydrogen-bond donors (Lipinski definition) is 0. The van der Waals surface area contributed by atoms with Gasteiger partial charge < -0.3 is 0 Å². The number of hydrogen-bond acceptors (Lipinski definition) is 4. The van der Waals surface area contributed by atoms with Crippen molar-refractivity contribution in [2.75, 3.05) is 5.75 Å². The molecule has 0 saturated heterocycles. The Morgan fingerprint density at radius 3 is 2.25 bits per heavy atom. The fourth-order valence-electron chi connectivity index (χ4n) is 4.50. The lowest BCUT2D eigenvalue weighted by Gasteiger charge is -2.23. The van der Waals surface area contributed by atoms with Crippen LogP contribution in [-0.2, 0) is 0 Å². The van der Waals surface area contributed by atoms with E-state index in [0.29, 0.717) is 0 Å². The number of benzene rings is 4. The van der Waals surface area contributed by atoms with Crippen molar-refractivity contribution in [3.8, 4) is 0 Å². The summed E-state index contributed by atoms with van der Waals surface area (Å²) >= 11 is 1.81. The van der Waals surface area contributed by atoms with Gasteiger partial charge in [-0.2, -0.15) is 5.10 Å². The van der Waals surface area contributed by atoms with Crippen molar-refractivity contribution in [2.45, 2.75) is 18.5 Å². The number of nitrogens with zero attached hydrogens (tertiary/aromatic N) is 3. The van der Waals surface area contributed by atoms with Crippen LogP contribution in [0.25, 0.3) is 10.8 Å². The number of amidine groups is 1. The van der Waals surface area contributed by atoms with Crippen LogP contribution in [0.4, 0.5) is 0 Å². The van der Waals surface area contributed by atoms with E-state index in [1.165, 1.54) is 27.5 Å². The maximum absolute atomic E-state index is 5.10. The zero-order chi connectivity index (χ0) is 21.3. The van der Waals surface area contributed by atoms with E-state index < -0.39 is 0 Å². The number of rotatable bonds is 3. The highest BCUT2D eigenvalue weighted by Gasteiger charge is 2.35. The van der Waals surface area contributed by atoms with Crippen molar-refractivity contribution in [1.29, 1.82) is 0 Å². The van der Waals surface area contributed by atoms with E-state index in [0.717, 1.165) is 23.1 Å². The largest absolute Gasteiger partial charge is 0.252 e. The Hall–Kier alpha value is -3.37. The van der Waals surface area contributed by atoms with E-state index in [-0.39, 0.29) is 12.1 Å². The molecule has 2 atom stereocenters. The standard InChI is InChI=1S/C28H23N3S/c1-3-10-21(11-4-1)25-18-27(24-16-15-20-9-7-8-14-23(20)17-24)31(30-25)28-29-26(19-32-28)22-12-5-2-6-13-22/h1-17,26-27H,18-19H2. The molecule has 4 aromatic carbocycles. The summed E-state index contributed by atoms with van der Waals surface area (Å²) in [7, 11) is 0. The van der Waals surface area contributed by atoms with Gasteiger partial charge in [0.2, 0.25) is 0 Å². The molecule has 2 aliphatic heterocycles. The summed E-state index contributed by atoms with van der Waals surface area (Å²) in [6.07, 6.45) is 0.873. The van der Waals surface area contributed by atoms with E-state index in [9.17, 15) is 0 Å². The zero-order valence-electron chi connectivity index (χ0n) is 17.6. The van der Waals surface area contributed by atoms with Crippen molar-refractivity contribution >= 4 is 33.4 Å². The van der Waals surface area contributed by atoms with E-state index in [4.69, 9.17) is 10.1 Å². The van der Waals surface area contributed by atoms with Gasteiger partial charge in [-0.15, -0.1) is 0 Å². The fourth-order valence-corrected chi connectivity index (χ4v) is 5.58. The quantitative estimate of drug-likeness (QED) is 0.354. The lowest BCUT2D eigenvalue weighted by Crippen LogP contribution is -2.23. The highest BCUT2D eigenvalue weighted by Crippen LogP contribution is 2.40. The Morgan fingerprint density at radius 1 is 0.719 bits per heavy atom. The Bertz CT molecular complexity index is 1310. The van der Waals surface area contributed by atoms with Crippen LogP contribution in [0.1, 0.15) is 35.2 Å². The van der Waals surface area contributed by atoms with Crippen molar-refractivity contribution < 1.29 is 0 Å². The fraction of sp³-hybridized carbons (Fsp3) is 0.143. The maximum Gasteiger partial charge on any atom is 0.181 e. The summed E-state index contributed by atoms with van der Waals surface area (Å²) in [5, 5.41) is 10.8. The molecule has 4 aromatic rings. The third-order valence-corrected chi connectivity index (χ3v) is 7.23. The predicted molar refractivity (Wildman–Crippen MR) is 135 cm³/mol. The average Bonchev–Trinajstić information content (AvgIpc) is 3.53. The predicted octanol–water partition coefficient (Wildman–Crippen LogP) is 6.84. The molecule has 0 amide bonds. The monoisotopic (exact) mass is 433 g/mol. The molecule has 0 fully saturated rings. The highest BCUT2D eigenvalue weighted by atomic mass is 32.2. The maximum atomic E-state index is 5.10. The molecule has 156 valence electrons. The van der Waals surface area contributed by atoms with Gasteiger partial charge in [0.05, 0.1) is 17.8 Å². The molecule has 0 spiro atoms. The Kier molecular flexibility index (Phi) is 5.00. The van der Waals surface area contributed by atoms with E-state index in [2.05, 4.69) is 108 Å². The van der Waals surface area contributed by atoms with Gasteiger partial charge in [0.25, 0.3) is 0 Å². The first-order chi connectivity index (χ1) is 15.8. The molecular formula is C28H23N3S. The summed E-state index contributed by atoms with van der Waals surface area (Å²) in [6.45, 7) is 0. The molecule has 6 rings (SSSR count). The summed E-state index contributed by atoms with van der Waals surface area (Å²) in [6, 6.07) is 36.8. The molecule has 0 saturated carbocycles. The van der Waals surface area contributed by atoms with Gasteiger partial charge in [0, 0.05) is 12.2 Å². The number of thioether (sulfide) groups is 1.